The first kappa shape index (κ1) is 20.3. The first-order valence-corrected chi connectivity index (χ1v) is 9.23. The molecule has 29 heavy (non-hydrogen) atoms. The van der Waals surface area contributed by atoms with Crippen LogP contribution in [0.5, 0.6) is 23.5 Å². The first-order valence-electron chi connectivity index (χ1n) is 9.23. The van der Waals surface area contributed by atoms with E-state index in [1.165, 1.54) is 20.3 Å². The highest BCUT2D eigenvalue weighted by molar-refractivity contribution is 6.07. The highest BCUT2D eigenvalue weighted by Gasteiger charge is 2.22. The highest BCUT2D eigenvalue weighted by atomic mass is 16.7. The first-order chi connectivity index (χ1) is 14.1. The Morgan fingerprint density at radius 3 is 2.24 bits per heavy atom. The third-order valence-electron chi connectivity index (χ3n) is 4.29. The second kappa shape index (κ2) is 9.20. The van der Waals surface area contributed by atoms with Crippen molar-refractivity contribution >= 4 is 16.7 Å². The Labute approximate surface area is 168 Å². The third kappa shape index (κ3) is 4.55. The van der Waals surface area contributed by atoms with Gasteiger partial charge in [0.25, 0.3) is 0 Å². The number of benzene rings is 2. The Kier molecular flexibility index (Phi) is 6.46. The van der Waals surface area contributed by atoms with E-state index in [9.17, 15) is 4.79 Å². The van der Waals surface area contributed by atoms with Crippen LogP contribution in [-0.2, 0) is 4.84 Å². The molecule has 3 aromatic rings. The van der Waals surface area contributed by atoms with Gasteiger partial charge in [0.05, 0.1) is 20.3 Å². The maximum absolute atomic E-state index is 13.0. The molecular formula is C21H23N3O5. The monoisotopic (exact) mass is 397 g/mol. The second-order valence-corrected chi connectivity index (χ2v) is 5.99. The maximum Gasteiger partial charge on any atom is 0.361 e. The fourth-order valence-electron chi connectivity index (χ4n) is 2.80. The topological polar surface area (TPSA) is 83.0 Å². The van der Waals surface area contributed by atoms with Gasteiger partial charge in [0, 0.05) is 18.5 Å². The maximum atomic E-state index is 13.0. The summed E-state index contributed by atoms with van der Waals surface area (Å²) < 4.78 is 16.2. The van der Waals surface area contributed by atoms with E-state index >= 15 is 0 Å². The molecule has 0 aliphatic rings. The molecule has 0 bridgehead atoms. The molecule has 0 N–H and O–H groups in total. The zero-order valence-corrected chi connectivity index (χ0v) is 16.8. The fraction of sp³-hybridized carbons (Fsp3) is 0.286. The number of aromatic nitrogens is 2. The van der Waals surface area contributed by atoms with Crippen LogP contribution in [-0.4, -0.2) is 48.3 Å². The van der Waals surface area contributed by atoms with E-state index in [4.69, 9.17) is 19.0 Å². The molecule has 8 nitrogen and oxygen atoms in total. The van der Waals surface area contributed by atoms with Gasteiger partial charge in [-0.2, -0.15) is 9.97 Å². The Balaban J connectivity index is 2.07. The van der Waals surface area contributed by atoms with Crippen molar-refractivity contribution in [2.45, 2.75) is 13.8 Å². The lowest BCUT2D eigenvalue weighted by Gasteiger charge is -2.19. The van der Waals surface area contributed by atoms with Crippen LogP contribution in [0.4, 0.5) is 0 Å². The molecule has 0 aliphatic carbocycles. The summed E-state index contributed by atoms with van der Waals surface area (Å²) >= 11 is 0. The average Bonchev–Trinajstić information content (AvgIpc) is 2.76. The lowest BCUT2D eigenvalue weighted by molar-refractivity contribution is -0.103. The summed E-state index contributed by atoms with van der Waals surface area (Å²) in [6, 6.07) is 12.6. The summed E-state index contributed by atoms with van der Waals surface area (Å²) in [7, 11) is 2.96. The number of hydrogen-bond acceptors (Lipinski definition) is 8. The molecule has 0 radical (unpaired) electrons. The second-order valence-electron chi connectivity index (χ2n) is 5.99. The van der Waals surface area contributed by atoms with E-state index in [2.05, 4.69) is 9.97 Å². The third-order valence-corrected chi connectivity index (χ3v) is 4.29. The van der Waals surface area contributed by atoms with Crippen molar-refractivity contribution in [2.75, 3.05) is 27.3 Å². The number of carbonyl (C=O) groups is 1. The fourth-order valence-corrected chi connectivity index (χ4v) is 2.80. The largest absolute Gasteiger partial charge is 0.481 e. The zero-order valence-electron chi connectivity index (χ0n) is 16.8. The number of hydrogen-bond donors (Lipinski definition) is 0. The highest BCUT2D eigenvalue weighted by Crippen LogP contribution is 2.32. The summed E-state index contributed by atoms with van der Waals surface area (Å²) in [5.41, 5.74) is 0.292. The van der Waals surface area contributed by atoms with Crippen LogP contribution in [0.3, 0.4) is 0 Å². The van der Waals surface area contributed by atoms with Gasteiger partial charge in [-0.1, -0.05) is 30.3 Å². The molecule has 152 valence electrons. The van der Waals surface area contributed by atoms with E-state index in [1.54, 1.807) is 11.1 Å². The Morgan fingerprint density at radius 2 is 1.62 bits per heavy atom. The predicted octanol–water partition coefficient (Wildman–Crippen LogP) is 3.85. The van der Waals surface area contributed by atoms with Gasteiger partial charge in [0.1, 0.15) is 11.3 Å². The molecule has 0 amide bonds. The number of ether oxygens (including phenoxy) is 3. The van der Waals surface area contributed by atoms with E-state index in [-0.39, 0.29) is 23.5 Å². The zero-order chi connectivity index (χ0) is 20.8. The van der Waals surface area contributed by atoms with Crippen molar-refractivity contribution in [3.63, 3.8) is 0 Å². The molecule has 0 aliphatic heterocycles. The van der Waals surface area contributed by atoms with E-state index < -0.39 is 5.97 Å². The van der Waals surface area contributed by atoms with Gasteiger partial charge >= 0.3 is 12.0 Å². The Morgan fingerprint density at radius 1 is 0.966 bits per heavy atom. The number of hydroxylamine groups is 2. The molecule has 1 heterocycles. The van der Waals surface area contributed by atoms with Crippen molar-refractivity contribution in [3.05, 3.63) is 48.0 Å². The molecule has 0 saturated heterocycles. The van der Waals surface area contributed by atoms with Crippen molar-refractivity contribution in [1.29, 1.82) is 0 Å². The number of fused-ring (bicyclic) bond motifs is 1. The van der Waals surface area contributed by atoms with Gasteiger partial charge in [0.2, 0.25) is 11.8 Å². The minimum Gasteiger partial charge on any atom is -0.481 e. The van der Waals surface area contributed by atoms with Gasteiger partial charge in [-0.05, 0) is 25.3 Å². The molecule has 8 heteroatoms. The van der Waals surface area contributed by atoms with E-state index in [0.717, 1.165) is 5.39 Å². The lowest BCUT2D eigenvalue weighted by atomic mass is 10.0. The normalized spacial score (nSPS) is 10.8. The standard InChI is InChI=1S/C21H23N3O5/c1-5-24(6-2)29-20(25)19-15-10-8-7-9-14(15)11-12-16(19)28-21-22-17(26-3)13-18(23-21)27-4/h7-13H,5-6H2,1-4H3. The molecular weight excluding hydrogens is 374 g/mol. The summed E-state index contributed by atoms with van der Waals surface area (Å²) in [6.45, 7) is 4.96. The molecule has 1 aromatic heterocycles. The van der Waals surface area contributed by atoms with Crippen LogP contribution in [0.1, 0.15) is 24.2 Å². The van der Waals surface area contributed by atoms with E-state index in [0.29, 0.717) is 24.0 Å². The molecule has 0 unspecified atom stereocenters. The van der Waals surface area contributed by atoms with Crippen molar-refractivity contribution in [1.82, 2.24) is 15.0 Å². The van der Waals surface area contributed by atoms with Gasteiger partial charge in [-0.15, -0.1) is 5.06 Å². The van der Waals surface area contributed by atoms with Gasteiger partial charge in [-0.25, -0.2) is 4.79 Å². The summed E-state index contributed by atoms with van der Waals surface area (Å²) in [6.07, 6.45) is 0. The number of carbonyl (C=O) groups excluding carboxylic acids is 1. The number of nitrogens with zero attached hydrogens (tertiary/aromatic N) is 3. The van der Waals surface area contributed by atoms with Crippen LogP contribution in [0.25, 0.3) is 10.8 Å². The molecule has 0 saturated carbocycles. The smallest absolute Gasteiger partial charge is 0.361 e. The predicted molar refractivity (Wildman–Crippen MR) is 107 cm³/mol. The van der Waals surface area contributed by atoms with Gasteiger partial charge < -0.3 is 19.0 Å². The average molecular weight is 397 g/mol. The Hall–Kier alpha value is -3.39. The molecule has 3 rings (SSSR count). The summed E-state index contributed by atoms with van der Waals surface area (Å²) in [4.78, 5) is 26.9. The molecule has 0 fully saturated rings. The quantitative estimate of drug-likeness (QED) is 0.530. The minimum atomic E-state index is -0.518. The summed E-state index contributed by atoms with van der Waals surface area (Å²) in [5, 5.41) is 3.16. The molecule has 0 atom stereocenters. The molecule has 0 spiro atoms. The SMILES string of the molecule is CCN(CC)OC(=O)c1c(Oc2nc(OC)cc(OC)n2)ccc2ccccc12. The molecule has 2 aromatic carbocycles. The lowest BCUT2D eigenvalue weighted by Crippen LogP contribution is -2.27. The Bertz CT molecular complexity index is 983. The van der Waals surface area contributed by atoms with E-state index in [1.807, 2.05) is 44.2 Å². The van der Waals surface area contributed by atoms with Crippen LogP contribution < -0.4 is 14.2 Å². The van der Waals surface area contributed by atoms with Crippen LogP contribution in [0.2, 0.25) is 0 Å². The van der Waals surface area contributed by atoms with Crippen molar-refractivity contribution in [3.8, 4) is 23.5 Å². The van der Waals surface area contributed by atoms with Crippen LogP contribution >= 0.6 is 0 Å². The summed E-state index contributed by atoms with van der Waals surface area (Å²) in [5.74, 6) is 0.311. The minimum absolute atomic E-state index is 0.00614. The number of methoxy groups -OCH3 is 2. The van der Waals surface area contributed by atoms with Crippen LogP contribution in [0.15, 0.2) is 42.5 Å². The van der Waals surface area contributed by atoms with Gasteiger partial charge in [0.15, 0.2) is 0 Å². The number of rotatable bonds is 8. The van der Waals surface area contributed by atoms with Crippen molar-refractivity contribution < 1.29 is 23.8 Å². The van der Waals surface area contributed by atoms with Crippen molar-refractivity contribution in [2.24, 2.45) is 0 Å². The van der Waals surface area contributed by atoms with Gasteiger partial charge in [-0.3, -0.25) is 0 Å². The van der Waals surface area contributed by atoms with Crippen LogP contribution in [0, 0.1) is 0 Å².